The zero-order valence-electron chi connectivity index (χ0n) is 13.6. The van der Waals surface area contributed by atoms with Gasteiger partial charge in [0.05, 0.1) is 13.2 Å². The van der Waals surface area contributed by atoms with Crippen LogP contribution in [-0.2, 0) is 11.3 Å². The van der Waals surface area contributed by atoms with E-state index < -0.39 is 0 Å². The summed E-state index contributed by atoms with van der Waals surface area (Å²) in [5, 5.41) is 3.49. The first-order valence-corrected chi connectivity index (χ1v) is 7.64. The van der Waals surface area contributed by atoms with E-state index in [9.17, 15) is 0 Å². The van der Waals surface area contributed by atoms with Crippen molar-refractivity contribution in [3.05, 3.63) is 23.8 Å². The molecule has 0 aliphatic carbocycles. The van der Waals surface area contributed by atoms with Crippen LogP contribution in [0.2, 0.25) is 0 Å². The Kier molecular flexibility index (Phi) is 5.48. The Hall–Kier alpha value is -1.26. The molecule has 2 rings (SSSR count). The van der Waals surface area contributed by atoms with Crippen LogP contribution in [-0.4, -0.2) is 32.0 Å². The molecule has 118 valence electrons. The van der Waals surface area contributed by atoms with Crippen LogP contribution in [0.1, 0.15) is 39.2 Å². The van der Waals surface area contributed by atoms with Crippen LogP contribution in [0, 0.1) is 0 Å². The van der Waals surface area contributed by atoms with E-state index in [0.717, 1.165) is 43.1 Å². The molecule has 1 unspecified atom stereocenters. The second-order valence-electron chi connectivity index (χ2n) is 6.52. The molecular formula is C17H27NO3. The highest BCUT2D eigenvalue weighted by molar-refractivity contribution is 5.40. The predicted octanol–water partition coefficient (Wildman–Crippen LogP) is 3.14. The van der Waals surface area contributed by atoms with Crippen LogP contribution in [0.25, 0.3) is 0 Å². The van der Waals surface area contributed by atoms with E-state index in [2.05, 4.69) is 26.1 Å². The van der Waals surface area contributed by atoms with Crippen LogP contribution in [0.4, 0.5) is 0 Å². The van der Waals surface area contributed by atoms with Gasteiger partial charge in [-0.15, -0.1) is 0 Å². The second-order valence-corrected chi connectivity index (χ2v) is 6.52. The van der Waals surface area contributed by atoms with E-state index in [1.807, 2.05) is 18.2 Å². The lowest BCUT2D eigenvalue weighted by atomic mass is 10.1. The van der Waals surface area contributed by atoms with Gasteiger partial charge in [-0.05, 0) is 51.8 Å². The molecule has 0 radical (unpaired) electrons. The lowest BCUT2D eigenvalue weighted by Gasteiger charge is -2.22. The molecule has 1 aromatic carbocycles. The van der Waals surface area contributed by atoms with Gasteiger partial charge in [0.1, 0.15) is 18.1 Å². The van der Waals surface area contributed by atoms with Gasteiger partial charge < -0.3 is 19.5 Å². The molecule has 1 aromatic rings. The summed E-state index contributed by atoms with van der Waals surface area (Å²) < 4.78 is 16.9. The second kappa shape index (κ2) is 7.14. The molecule has 0 spiro atoms. The number of methoxy groups -OCH3 is 1. The van der Waals surface area contributed by atoms with Crippen molar-refractivity contribution in [1.29, 1.82) is 0 Å². The highest BCUT2D eigenvalue weighted by Gasteiger charge is 2.17. The normalized spacial score (nSPS) is 18.8. The summed E-state index contributed by atoms with van der Waals surface area (Å²) in [6, 6.07) is 5.95. The van der Waals surface area contributed by atoms with Crippen LogP contribution in [0.3, 0.4) is 0 Å². The van der Waals surface area contributed by atoms with E-state index in [-0.39, 0.29) is 11.6 Å². The molecule has 1 aliphatic heterocycles. The summed E-state index contributed by atoms with van der Waals surface area (Å²) >= 11 is 0. The lowest BCUT2D eigenvalue weighted by Crippen LogP contribution is -2.35. The minimum Gasteiger partial charge on any atom is -0.497 e. The van der Waals surface area contributed by atoms with Crippen molar-refractivity contribution in [2.45, 2.75) is 51.8 Å². The number of hydrogen-bond donors (Lipinski definition) is 1. The Morgan fingerprint density at radius 2 is 2.14 bits per heavy atom. The Morgan fingerprint density at radius 3 is 2.76 bits per heavy atom. The molecule has 1 fully saturated rings. The van der Waals surface area contributed by atoms with E-state index in [4.69, 9.17) is 14.2 Å². The highest BCUT2D eigenvalue weighted by Crippen LogP contribution is 2.25. The first-order chi connectivity index (χ1) is 9.98. The highest BCUT2D eigenvalue weighted by atomic mass is 16.5. The van der Waals surface area contributed by atoms with Crippen LogP contribution in [0.5, 0.6) is 11.5 Å². The Labute approximate surface area is 127 Å². The summed E-state index contributed by atoms with van der Waals surface area (Å²) in [5.41, 5.74) is 1.18. The molecule has 21 heavy (non-hydrogen) atoms. The van der Waals surface area contributed by atoms with Crippen molar-refractivity contribution < 1.29 is 14.2 Å². The smallest absolute Gasteiger partial charge is 0.124 e. The fraction of sp³-hybridized carbons (Fsp3) is 0.647. The van der Waals surface area contributed by atoms with Crippen molar-refractivity contribution in [3.63, 3.8) is 0 Å². The van der Waals surface area contributed by atoms with Crippen molar-refractivity contribution in [2.24, 2.45) is 0 Å². The lowest BCUT2D eigenvalue weighted by molar-refractivity contribution is 0.0675. The van der Waals surface area contributed by atoms with Gasteiger partial charge in [-0.2, -0.15) is 0 Å². The molecule has 0 bridgehead atoms. The van der Waals surface area contributed by atoms with E-state index in [0.29, 0.717) is 6.61 Å². The van der Waals surface area contributed by atoms with Crippen LogP contribution < -0.4 is 14.8 Å². The number of ether oxygens (including phenoxy) is 3. The predicted molar refractivity (Wildman–Crippen MR) is 84.1 cm³/mol. The van der Waals surface area contributed by atoms with Crippen molar-refractivity contribution in [2.75, 3.05) is 20.3 Å². The monoisotopic (exact) mass is 293 g/mol. The van der Waals surface area contributed by atoms with E-state index >= 15 is 0 Å². The van der Waals surface area contributed by atoms with Gasteiger partial charge in [0.2, 0.25) is 0 Å². The van der Waals surface area contributed by atoms with Crippen LogP contribution in [0.15, 0.2) is 18.2 Å². The minimum atomic E-state index is 0.0644. The Morgan fingerprint density at radius 1 is 1.33 bits per heavy atom. The minimum absolute atomic E-state index is 0.0644. The quantitative estimate of drug-likeness (QED) is 0.874. The third-order valence-electron chi connectivity index (χ3n) is 3.53. The molecule has 1 atom stereocenters. The van der Waals surface area contributed by atoms with Gasteiger partial charge in [0.25, 0.3) is 0 Å². The molecule has 0 saturated carbocycles. The number of benzene rings is 1. The molecular weight excluding hydrogens is 266 g/mol. The van der Waals surface area contributed by atoms with Crippen molar-refractivity contribution in [3.8, 4) is 11.5 Å². The average Bonchev–Trinajstić information content (AvgIpc) is 2.95. The van der Waals surface area contributed by atoms with Gasteiger partial charge in [-0.25, -0.2) is 0 Å². The zero-order chi connectivity index (χ0) is 15.3. The summed E-state index contributed by atoms with van der Waals surface area (Å²) in [5.74, 6) is 1.76. The largest absolute Gasteiger partial charge is 0.497 e. The van der Waals surface area contributed by atoms with E-state index in [1.165, 1.54) is 0 Å². The Balaban J connectivity index is 2.03. The van der Waals surface area contributed by atoms with Gasteiger partial charge >= 0.3 is 0 Å². The molecule has 1 heterocycles. The van der Waals surface area contributed by atoms with Gasteiger partial charge in [-0.3, -0.25) is 0 Å². The first kappa shape index (κ1) is 16.1. The van der Waals surface area contributed by atoms with Gasteiger partial charge in [-0.1, -0.05) is 0 Å². The topological polar surface area (TPSA) is 39.7 Å². The van der Waals surface area contributed by atoms with Gasteiger partial charge in [0, 0.05) is 24.3 Å². The molecule has 4 heteroatoms. The molecule has 0 aromatic heterocycles. The fourth-order valence-electron chi connectivity index (χ4n) is 2.28. The van der Waals surface area contributed by atoms with Gasteiger partial charge in [0.15, 0.2) is 0 Å². The molecule has 1 aliphatic rings. The SMILES string of the molecule is COc1ccc(OCC2CCCO2)c(CNC(C)(C)C)c1. The summed E-state index contributed by atoms with van der Waals surface area (Å²) in [7, 11) is 1.68. The summed E-state index contributed by atoms with van der Waals surface area (Å²) in [6.07, 6.45) is 2.45. The molecule has 1 saturated heterocycles. The third-order valence-corrected chi connectivity index (χ3v) is 3.53. The average molecular weight is 293 g/mol. The Bertz CT molecular complexity index is 448. The third kappa shape index (κ3) is 5.21. The molecule has 0 amide bonds. The number of hydrogen-bond acceptors (Lipinski definition) is 4. The maximum Gasteiger partial charge on any atom is 0.124 e. The summed E-state index contributed by atoms with van der Waals surface area (Å²) in [6.45, 7) is 8.69. The number of nitrogens with one attached hydrogen (secondary N) is 1. The zero-order valence-corrected chi connectivity index (χ0v) is 13.6. The maximum atomic E-state index is 5.97. The van der Waals surface area contributed by atoms with Crippen LogP contribution >= 0.6 is 0 Å². The van der Waals surface area contributed by atoms with Crippen molar-refractivity contribution in [1.82, 2.24) is 5.32 Å². The maximum absolute atomic E-state index is 5.97. The van der Waals surface area contributed by atoms with E-state index in [1.54, 1.807) is 7.11 Å². The standard InChI is InChI=1S/C17H27NO3/c1-17(2,3)18-11-13-10-14(19-4)7-8-16(13)21-12-15-6-5-9-20-15/h7-8,10,15,18H,5-6,9,11-12H2,1-4H3. The molecule has 4 nitrogen and oxygen atoms in total. The van der Waals surface area contributed by atoms with Crippen molar-refractivity contribution >= 4 is 0 Å². The molecule has 1 N–H and O–H groups in total. The summed E-state index contributed by atoms with van der Waals surface area (Å²) in [4.78, 5) is 0. The fourth-order valence-corrected chi connectivity index (χ4v) is 2.28. The first-order valence-electron chi connectivity index (χ1n) is 7.64. The number of rotatable bonds is 6.